The quantitative estimate of drug-likeness (QED) is 0.525. The first kappa shape index (κ1) is 15.5. The molecule has 0 spiro atoms. The van der Waals surface area contributed by atoms with Gasteiger partial charge in [-0.25, -0.2) is 0 Å². The molecule has 0 unspecified atom stereocenters. The maximum Gasteiger partial charge on any atom is 1.00 e. The number of benzene rings is 1. The Balaban J connectivity index is 0.00000196. The number of phenolic OH excluding ortho intramolecular Hbond substituents is 1. The second-order valence-corrected chi connectivity index (χ2v) is 4.79. The Morgan fingerprint density at radius 1 is 1.33 bits per heavy atom. The first-order chi connectivity index (χ1) is 6.25. The van der Waals surface area contributed by atoms with Gasteiger partial charge in [0.1, 0.15) is 4.90 Å². The topological polar surface area (TPSA) is 74.6 Å². The second-order valence-electron chi connectivity index (χ2n) is 2.62. The Bertz CT molecular complexity index is 486. The minimum Gasteiger partial charge on any atom is -0.505 e. The van der Waals surface area contributed by atoms with Crippen LogP contribution in [-0.2, 0) is 10.1 Å². The normalized spacial score (nSPS) is 10.9. The smallest absolute Gasteiger partial charge is 0.505 e. The van der Waals surface area contributed by atoms with Gasteiger partial charge in [-0.3, -0.25) is 4.55 Å². The fourth-order valence-electron chi connectivity index (χ4n) is 0.879. The van der Waals surface area contributed by atoms with Crippen molar-refractivity contribution in [3.05, 3.63) is 21.7 Å². The van der Waals surface area contributed by atoms with E-state index in [0.29, 0.717) is 5.56 Å². The first-order valence-corrected chi connectivity index (χ1v) is 5.59. The zero-order valence-electron chi connectivity index (χ0n) is 7.95. The summed E-state index contributed by atoms with van der Waals surface area (Å²) in [4.78, 5) is -0.696. The van der Waals surface area contributed by atoms with Gasteiger partial charge in [0.05, 0.1) is 5.02 Å². The van der Waals surface area contributed by atoms with Gasteiger partial charge in [0.25, 0.3) is 10.1 Å². The van der Waals surface area contributed by atoms with Gasteiger partial charge in [0.15, 0.2) is 5.75 Å². The standard InChI is InChI=1S/C7H6Cl2O4S.Na/c1-3-4(8)2-5(14(11,12)13)7(10)6(3)9;/h2,10H,1H3,(H,11,12,13);/q;+1. The van der Waals surface area contributed by atoms with Crippen LogP contribution in [0.4, 0.5) is 0 Å². The minimum atomic E-state index is -4.51. The molecule has 0 amide bonds. The van der Waals surface area contributed by atoms with E-state index in [1.54, 1.807) is 0 Å². The second kappa shape index (κ2) is 5.23. The molecule has 8 heteroatoms. The van der Waals surface area contributed by atoms with E-state index in [9.17, 15) is 13.5 Å². The third-order valence-electron chi connectivity index (χ3n) is 1.66. The van der Waals surface area contributed by atoms with Gasteiger partial charge in [-0.05, 0) is 18.6 Å². The fourth-order valence-corrected chi connectivity index (χ4v) is 2.07. The van der Waals surface area contributed by atoms with Crippen molar-refractivity contribution in [2.75, 3.05) is 0 Å². The molecule has 0 bridgehead atoms. The molecule has 0 aromatic heterocycles. The molecule has 0 aliphatic heterocycles. The van der Waals surface area contributed by atoms with Crippen LogP contribution in [0.5, 0.6) is 5.75 Å². The molecule has 0 aliphatic carbocycles. The number of hydrogen-bond acceptors (Lipinski definition) is 3. The Labute approximate surface area is 119 Å². The number of rotatable bonds is 1. The molecule has 4 nitrogen and oxygen atoms in total. The van der Waals surface area contributed by atoms with Gasteiger partial charge in [-0.15, -0.1) is 0 Å². The maximum absolute atomic E-state index is 10.7. The third kappa shape index (κ3) is 3.23. The predicted octanol–water partition coefficient (Wildman–Crippen LogP) is -0.742. The van der Waals surface area contributed by atoms with Crippen molar-refractivity contribution in [2.24, 2.45) is 0 Å². The average Bonchev–Trinajstić information content (AvgIpc) is 2.06. The minimum absolute atomic E-state index is 0. The van der Waals surface area contributed by atoms with Gasteiger partial charge in [-0.1, -0.05) is 23.2 Å². The summed E-state index contributed by atoms with van der Waals surface area (Å²) >= 11 is 11.2. The number of hydrogen-bond donors (Lipinski definition) is 2. The van der Waals surface area contributed by atoms with Gasteiger partial charge < -0.3 is 5.11 Å². The van der Waals surface area contributed by atoms with Gasteiger partial charge in [0, 0.05) is 5.02 Å². The monoisotopic (exact) mass is 279 g/mol. The van der Waals surface area contributed by atoms with E-state index in [1.165, 1.54) is 6.92 Å². The summed E-state index contributed by atoms with van der Waals surface area (Å²) in [6, 6.07) is 0.938. The molecule has 0 saturated carbocycles. The fraction of sp³-hybridized carbons (Fsp3) is 0.143. The number of aromatic hydroxyl groups is 1. The van der Waals surface area contributed by atoms with Crippen molar-refractivity contribution in [3.8, 4) is 5.75 Å². The van der Waals surface area contributed by atoms with Crippen LogP contribution in [0.15, 0.2) is 11.0 Å². The van der Waals surface area contributed by atoms with Crippen molar-refractivity contribution >= 4 is 33.3 Å². The molecular formula is C7H6Cl2NaO4S+. The van der Waals surface area contributed by atoms with E-state index in [0.717, 1.165) is 6.07 Å². The largest absolute Gasteiger partial charge is 1.00 e. The van der Waals surface area contributed by atoms with E-state index in [1.807, 2.05) is 0 Å². The Morgan fingerprint density at radius 2 is 1.80 bits per heavy atom. The van der Waals surface area contributed by atoms with Gasteiger partial charge in [0.2, 0.25) is 0 Å². The number of halogens is 2. The Morgan fingerprint density at radius 3 is 2.20 bits per heavy atom. The van der Waals surface area contributed by atoms with Crippen LogP contribution in [0, 0.1) is 6.92 Å². The summed E-state index contributed by atoms with van der Waals surface area (Å²) in [5.41, 5.74) is 0.346. The van der Waals surface area contributed by atoms with Crippen LogP contribution in [0.3, 0.4) is 0 Å². The Hall–Kier alpha value is 0.510. The predicted molar refractivity (Wildman–Crippen MR) is 52.7 cm³/mol. The van der Waals surface area contributed by atoms with Crippen molar-refractivity contribution in [1.82, 2.24) is 0 Å². The van der Waals surface area contributed by atoms with E-state index in [-0.39, 0.29) is 39.6 Å². The van der Waals surface area contributed by atoms with Crippen LogP contribution < -0.4 is 29.6 Å². The zero-order chi connectivity index (χ0) is 11.1. The van der Waals surface area contributed by atoms with Crippen molar-refractivity contribution in [1.29, 1.82) is 0 Å². The maximum atomic E-state index is 10.7. The molecule has 0 heterocycles. The Kier molecular flexibility index (Phi) is 5.40. The molecule has 1 aromatic carbocycles. The van der Waals surface area contributed by atoms with Crippen molar-refractivity contribution in [3.63, 3.8) is 0 Å². The van der Waals surface area contributed by atoms with Gasteiger partial charge in [-0.2, -0.15) is 8.42 Å². The molecule has 15 heavy (non-hydrogen) atoms. The van der Waals surface area contributed by atoms with Crippen LogP contribution >= 0.6 is 23.2 Å². The summed E-state index contributed by atoms with van der Waals surface area (Å²) in [6.07, 6.45) is 0. The molecule has 1 aromatic rings. The van der Waals surface area contributed by atoms with Crippen LogP contribution in [0.25, 0.3) is 0 Å². The summed E-state index contributed by atoms with van der Waals surface area (Å²) < 4.78 is 30.2. The van der Waals surface area contributed by atoms with Crippen LogP contribution in [-0.4, -0.2) is 18.1 Å². The summed E-state index contributed by atoms with van der Waals surface area (Å²) in [7, 11) is -4.51. The molecule has 0 atom stereocenters. The molecular weight excluding hydrogens is 274 g/mol. The molecule has 78 valence electrons. The van der Waals surface area contributed by atoms with Gasteiger partial charge >= 0.3 is 29.6 Å². The zero-order valence-corrected chi connectivity index (χ0v) is 12.3. The van der Waals surface area contributed by atoms with Crippen LogP contribution in [0.1, 0.15) is 5.56 Å². The molecule has 1 rings (SSSR count). The summed E-state index contributed by atoms with van der Waals surface area (Å²) in [5.74, 6) is -0.698. The van der Waals surface area contributed by atoms with Crippen molar-refractivity contribution < 1.29 is 47.6 Å². The summed E-state index contributed by atoms with van der Waals surface area (Å²) in [6.45, 7) is 1.51. The molecule has 0 saturated heterocycles. The van der Waals surface area contributed by atoms with E-state index in [4.69, 9.17) is 27.8 Å². The third-order valence-corrected chi connectivity index (χ3v) is 3.39. The number of phenols is 1. The average molecular weight is 280 g/mol. The van der Waals surface area contributed by atoms with Crippen molar-refractivity contribution in [2.45, 2.75) is 11.8 Å². The SMILES string of the molecule is Cc1c(Cl)cc(S(=O)(=O)O)c(O)c1Cl.[Na+]. The van der Waals surface area contributed by atoms with Crippen LogP contribution in [0.2, 0.25) is 10.0 Å². The van der Waals surface area contributed by atoms with E-state index in [2.05, 4.69) is 0 Å². The summed E-state index contributed by atoms with van der Waals surface area (Å²) in [5, 5.41) is 9.17. The molecule has 0 fully saturated rings. The molecule has 0 aliphatic rings. The van der Waals surface area contributed by atoms with E-state index >= 15 is 0 Å². The molecule has 0 radical (unpaired) electrons. The molecule has 2 N–H and O–H groups in total. The first-order valence-electron chi connectivity index (χ1n) is 3.40. The van der Waals surface area contributed by atoms with E-state index < -0.39 is 20.8 Å².